The summed E-state index contributed by atoms with van der Waals surface area (Å²) in [4.78, 5) is 38.4. The average Bonchev–Trinajstić information content (AvgIpc) is 3.47. The van der Waals surface area contributed by atoms with Crippen LogP contribution in [0.15, 0.2) is 60.8 Å². The number of hydrogen-bond acceptors (Lipinski definition) is 6. The SMILES string of the molecule is CC/C=C\C/C=C\C/C=C\C/C=C\CCC(=O)OCC(COC(=O)CCCCCCCCCCCCCCCCCCCCCCCCCCCCCC)OC(=O)CCCCCCCCCCCCC/C=C\CCCCCCCCCC. The third kappa shape index (κ3) is 67.9. The number of carbonyl (C=O) groups excluding carboxylic acids is 3. The summed E-state index contributed by atoms with van der Waals surface area (Å²) < 4.78 is 16.9. The average molecular weight is 1150 g/mol. The fourth-order valence-electron chi connectivity index (χ4n) is 10.9. The molecule has 1 unspecified atom stereocenters. The minimum absolute atomic E-state index is 0.0926. The molecule has 6 nitrogen and oxygen atoms in total. The summed E-state index contributed by atoms with van der Waals surface area (Å²) in [6.07, 6.45) is 91.5. The van der Waals surface area contributed by atoms with Crippen molar-refractivity contribution in [3.63, 3.8) is 0 Å². The second kappa shape index (κ2) is 70.6. The molecule has 0 fully saturated rings. The lowest BCUT2D eigenvalue weighted by molar-refractivity contribution is -0.166. The van der Waals surface area contributed by atoms with Crippen LogP contribution >= 0.6 is 0 Å². The fraction of sp³-hybridized carbons (Fsp3) is 0.829. The highest BCUT2D eigenvalue weighted by Crippen LogP contribution is 2.19. The van der Waals surface area contributed by atoms with Crippen LogP contribution in [0.4, 0.5) is 0 Å². The summed E-state index contributed by atoms with van der Waals surface area (Å²) in [5, 5.41) is 0. The van der Waals surface area contributed by atoms with Crippen molar-refractivity contribution in [2.45, 2.75) is 393 Å². The molecule has 0 heterocycles. The van der Waals surface area contributed by atoms with E-state index in [-0.39, 0.29) is 37.5 Å². The summed E-state index contributed by atoms with van der Waals surface area (Å²) in [7, 11) is 0. The van der Waals surface area contributed by atoms with Gasteiger partial charge in [-0.05, 0) is 70.6 Å². The molecule has 0 aliphatic heterocycles. The van der Waals surface area contributed by atoms with Gasteiger partial charge in [0.1, 0.15) is 13.2 Å². The highest BCUT2D eigenvalue weighted by atomic mass is 16.6. The van der Waals surface area contributed by atoms with Crippen molar-refractivity contribution in [2.75, 3.05) is 13.2 Å². The van der Waals surface area contributed by atoms with Crippen molar-refractivity contribution < 1.29 is 28.6 Å². The Balaban J connectivity index is 4.23. The highest BCUT2D eigenvalue weighted by Gasteiger charge is 2.19. The van der Waals surface area contributed by atoms with Gasteiger partial charge in [0.2, 0.25) is 0 Å². The first-order chi connectivity index (χ1) is 40.5. The van der Waals surface area contributed by atoms with Gasteiger partial charge in [-0.15, -0.1) is 0 Å². The molecule has 0 aliphatic carbocycles. The van der Waals surface area contributed by atoms with Crippen LogP contribution in [0.5, 0.6) is 0 Å². The second-order valence-corrected chi connectivity index (χ2v) is 24.5. The standard InChI is InChI=1S/C76H138O6/c1-4-7-10-13-16-19-22-25-27-29-31-33-35-36-37-38-39-41-42-44-46-48-51-54-57-60-63-66-69-75(78)81-72-73(71-80-74(77)68-65-62-59-56-53-50-24-21-18-15-12-9-6-3)82-76(79)70-67-64-61-58-55-52-49-47-45-43-40-34-32-30-28-26-23-20-17-14-11-8-5-2/h9,12,18,21,30,32,50,53,59,62,73H,4-8,10-11,13-17,19-20,22-29,31,33-49,51-52,54-58,60-61,63-72H2,1-3H3/b12-9-,21-18-,32-30-,53-50-,62-59-. The third-order valence-corrected chi connectivity index (χ3v) is 16.3. The zero-order valence-electron chi connectivity index (χ0n) is 55.0. The Morgan fingerprint density at radius 1 is 0.256 bits per heavy atom. The van der Waals surface area contributed by atoms with E-state index < -0.39 is 6.10 Å². The van der Waals surface area contributed by atoms with Gasteiger partial charge in [0, 0.05) is 19.3 Å². The van der Waals surface area contributed by atoms with Gasteiger partial charge in [-0.3, -0.25) is 14.4 Å². The third-order valence-electron chi connectivity index (χ3n) is 16.3. The van der Waals surface area contributed by atoms with Gasteiger partial charge in [0.05, 0.1) is 0 Å². The summed E-state index contributed by atoms with van der Waals surface area (Å²) in [5.74, 6) is -0.955. The van der Waals surface area contributed by atoms with E-state index >= 15 is 0 Å². The quantitative estimate of drug-likeness (QED) is 0.0261. The van der Waals surface area contributed by atoms with Crippen LogP contribution in [-0.2, 0) is 28.6 Å². The Kier molecular flexibility index (Phi) is 68.1. The van der Waals surface area contributed by atoms with E-state index in [1.807, 2.05) is 6.08 Å². The van der Waals surface area contributed by atoms with Crippen molar-refractivity contribution in [3.8, 4) is 0 Å². The Hall–Kier alpha value is -2.89. The van der Waals surface area contributed by atoms with E-state index in [1.54, 1.807) is 0 Å². The lowest BCUT2D eigenvalue weighted by Crippen LogP contribution is -2.30. The van der Waals surface area contributed by atoms with Gasteiger partial charge in [-0.25, -0.2) is 0 Å². The summed E-state index contributed by atoms with van der Waals surface area (Å²) >= 11 is 0. The summed E-state index contributed by atoms with van der Waals surface area (Å²) in [6.45, 7) is 6.53. The van der Waals surface area contributed by atoms with Gasteiger partial charge in [-0.1, -0.05) is 358 Å². The van der Waals surface area contributed by atoms with E-state index in [1.165, 1.54) is 276 Å². The molecule has 0 saturated carbocycles. The fourth-order valence-corrected chi connectivity index (χ4v) is 10.9. The Morgan fingerprint density at radius 2 is 0.500 bits per heavy atom. The van der Waals surface area contributed by atoms with E-state index in [0.29, 0.717) is 19.3 Å². The van der Waals surface area contributed by atoms with Crippen LogP contribution in [0.25, 0.3) is 0 Å². The van der Waals surface area contributed by atoms with Crippen LogP contribution in [0.3, 0.4) is 0 Å². The predicted octanol–water partition coefficient (Wildman–Crippen LogP) is 25.1. The smallest absolute Gasteiger partial charge is 0.306 e. The van der Waals surface area contributed by atoms with Crippen LogP contribution in [0, 0.1) is 0 Å². The molecule has 0 saturated heterocycles. The van der Waals surface area contributed by atoms with Crippen LogP contribution in [-0.4, -0.2) is 37.2 Å². The van der Waals surface area contributed by atoms with Crippen molar-refractivity contribution in [1.82, 2.24) is 0 Å². The molecule has 478 valence electrons. The lowest BCUT2D eigenvalue weighted by Gasteiger charge is -2.18. The lowest BCUT2D eigenvalue weighted by atomic mass is 10.0. The summed E-state index contributed by atoms with van der Waals surface area (Å²) in [5.41, 5.74) is 0. The van der Waals surface area contributed by atoms with Gasteiger partial charge >= 0.3 is 17.9 Å². The van der Waals surface area contributed by atoms with E-state index in [4.69, 9.17) is 14.2 Å². The van der Waals surface area contributed by atoms with E-state index in [0.717, 1.165) is 64.2 Å². The monoisotopic (exact) mass is 1150 g/mol. The van der Waals surface area contributed by atoms with Crippen molar-refractivity contribution in [2.24, 2.45) is 0 Å². The Morgan fingerprint density at radius 3 is 0.817 bits per heavy atom. The molecular weight excluding hydrogens is 1010 g/mol. The normalized spacial score (nSPS) is 12.4. The number of esters is 3. The largest absolute Gasteiger partial charge is 0.462 e. The summed E-state index contributed by atoms with van der Waals surface area (Å²) in [6, 6.07) is 0. The molecule has 0 aliphatic rings. The predicted molar refractivity (Wildman–Crippen MR) is 358 cm³/mol. The molecule has 82 heavy (non-hydrogen) atoms. The maximum Gasteiger partial charge on any atom is 0.306 e. The van der Waals surface area contributed by atoms with Crippen molar-refractivity contribution >= 4 is 17.9 Å². The van der Waals surface area contributed by atoms with Crippen LogP contribution in [0.1, 0.15) is 387 Å². The first kappa shape index (κ1) is 79.1. The maximum atomic E-state index is 12.9. The zero-order chi connectivity index (χ0) is 59.2. The van der Waals surface area contributed by atoms with Gasteiger partial charge < -0.3 is 14.2 Å². The molecule has 0 radical (unpaired) electrons. The Bertz CT molecular complexity index is 1460. The molecule has 0 aromatic rings. The number of ether oxygens (including phenoxy) is 3. The molecule has 1 atom stereocenters. The number of hydrogen-bond donors (Lipinski definition) is 0. The number of allylic oxidation sites excluding steroid dienone is 10. The van der Waals surface area contributed by atoms with E-state index in [2.05, 4.69) is 75.5 Å². The van der Waals surface area contributed by atoms with Crippen molar-refractivity contribution in [1.29, 1.82) is 0 Å². The van der Waals surface area contributed by atoms with Gasteiger partial charge in [0.25, 0.3) is 0 Å². The van der Waals surface area contributed by atoms with Crippen molar-refractivity contribution in [3.05, 3.63) is 60.8 Å². The maximum absolute atomic E-state index is 12.9. The minimum atomic E-state index is -0.803. The second-order valence-electron chi connectivity index (χ2n) is 24.5. The topological polar surface area (TPSA) is 78.9 Å². The number of carbonyl (C=O) groups is 3. The van der Waals surface area contributed by atoms with Gasteiger partial charge in [-0.2, -0.15) is 0 Å². The zero-order valence-corrected chi connectivity index (χ0v) is 55.0. The number of unbranched alkanes of at least 4 members (excludes halogenated alkanes) is 46. The molecular formula is C76H138O6. The molecule has 6 heteroatoms. The molecule has 0 spiro atoms. The number of rotatable bonds is 67. The molecule has 0 bridgehead atoms. The van der Waals surface area contributed by atoms with Gasteiger partial charge in [0.15, 0.2) is 6.10 Å². The minimum Gasteiger partial charge on any atom is -0.462 e. The van der Waals surface area contributed by atoms with Crippen LogP contribution < -0.4 is 0 Å². The van der Waals surface area contributed by atoms with E-state index in [9.17, 15) is 14.4 Å². The molecule has 0 N–H and O–H groups in total. The molecule has 0 aromatic carbocycles. The molecule has 0 rings (SSSR count). The molecule has 0 amide bonds. The first-order valence-corrected chi connectivity index (χ1v) is 36.3. The first-order valence-electron chi connectivity index (χ1n) is 36.3. The Labute approximate surface area is 510 Å². The highest BCUT2D eigenvalue weighted by molar-refractivity contribution is 5.71. The van der Waals surface area contributed by atoms with Crippen LogP contribution in [0.2, 0.25) is 0 Å². The molecule has 0 aromatic heterocycles.